The number of amides is 2. The molecule has 1 aliphatic rings. The molecule has 0 radical (unpaired) electrons. The van der Waals surface area contributed by atoms with Gasteiger partial charge in [-0.05, 0) is 60.9 Å². The molecule has 0 atom stereocenters. The van der Waals surface area contributed by atoms with Crippen molar-refractivity contribution in [2.75, 3.05) is 5.32 Å². The van der Waals surface area contributed by atoms with Crippen LogP contribution < -0.4 is 5.32 Å². The molecular weight excluding hydrogens is 356 g/mol. The molecule has 2 amide bonds. The van der Waals surface area contributed by atoms with Gasteiger partial charge < -0.3 is 5.32 Å². The van der Waals surface area contributed by atoms with Gasteiger partial charge in [0.15, 0.2) is 0 Å². The van der Waals surface area contributed by atoms with Gasteiger partial charge in [0, 0.05) is 27.6 Å². The molecule has 7 heteroatoms. The number of nitrogens with one attached hydrogen (secondary N) is 1. The van der Waals surface area contributed by atoms with Gasteiger partial charge in [-0.1, -0.05) is 12.6 Å². The van der Waals surface area contributed by atoms with Gasteiger partial charge in [0.2, 0.25) is 6.41 Å². The van der Waals surface area contributed by atoms with E-state index in [0.717, 1.165) is 46.6 Å². The van der Waals surface area contributed by atoms with Crippen molar-refractivity contribution in [3.63, 3.8) is 0 Å². The SMILES string of the molecule is C=Cc1nn(-c2ccc(C(=O)N=O)cc2)c2c1CCc1ccc(NC=O)cc1-2. The Morgan fingerprint density at radius 1 is 1.18 bits per heavy atom. The Kier molecular flexibility index (Phi) is 4.41. The Balaban J connectivity index is 1.89. The largest absolute Gasteiger partial charge is 0.329 e. The maximum atomic E-state index is 11.5. The fourth-order valence-electron chi connectivity index (χ4n) is 3.57. The lowest BCUT2D eigenvalue weighted by Gasteiger charge is -2.19. The van der Waals surface area contributed by atoms with Crippen LogP contribution >= 0.6 is 0 Å². The van der Waals surface area contributed by atoms with Crippen molar-refractivity contribution in [3.8, 4) is 16.9 Å². The summed E-state index contributed by atoms with van der Waals surface area (Å²) in [6.45, 7) is 3.87. The number of nitrogens with zero attached hydrogens (tertiary/aromatic N) is 3. The van der Waals surface area contributed by atoms with E-state index >= 15 is 0 Å². The van der Waals surface area contributed by atoms with E-state index in [9.17, 15) is 14.5 Å². The molecule has 0 bridgehead atoms. The quantitative estimate of drug-likeness (QED) is 0.545. The zero-order valence-electron chi connectivity index (χ0n) is 14.9. The molecule has 7 nitrogen and oxygen atoms in total. The first-order valence-electron chi connectivity index (χ1n) is 8.72. The van der Waals surface area contributed by atoms with E-state index < -0.39 is 5.91 Å². The summed E-state index contributed by atoms with van der Waals surface area (Å²) in [7, 11) is 0. The highest BCUT2D eigenvalue weighted by Gasteiger charge is 2.25. The molecule has 0 unspecified atom stereocenters. The van der Waals surface area contributed by atoms with Gasteiger partial charge >= 0.3 is 5.91 Å². The van der Waals surface area contributed by atoms with Crippen molar-refractivity contribution >= 4 is 24.1 Å². The van der Waals surface area contributed by atoms with E-state index in [-0.39, 0.29) is 5.56 Å². The van der Waals surface area contributed by atoms with Gasteiger partial charge in [0.05, 0.1) is 17.1 Å². The predicted molar refractivity (Wildman–Crippen MR) is 106 cm³/mol. The molecule has 0 aliphatic heterocycles. The van der Waals surface area contributed by atoms with E-state index in [1.54, 1.807) is 35.0 Å². The maximum absolute atomic E-state index is 11.5. The van der Waals surface area contributed by atoms with Crippen molar-refractivity contribution in [3.05, 3.63) is 76.3 Å². The first-order chi connectivity index (χ1) is 13.7. The molecule has 0 saturated heterocycles. The third-order valence-corrected chi connectivity index (χ3v) is 4.88. The van der Waals surface area contributed by atoms with E-state index in [4.69, 9.17) is 0 Å². The van der Waals surface area contributed by atoms with Crippen LogP contribution in [0.4, 0.5) is 5.69 Å². The molecular formula is C21H16N4O3. The third kappa shape index (κ3) is 2.83. The minimum Gasteiger partial charge on any atom is -0.329 e. The number of hydrogen-bond acceptors (Lipinski definition) is 4. The molecule has 2 aromatic carbocycles. The molecule has 0 fully saturated rings. The molecule has 3 aromatic rings. The average molecular weight is 372 g/mol. The molecule has 1 N–H and O–H groups in total. The molecule has 28 heavy (non-hydrogen) atoms. The number of aryl methyl sites for hydroxylation is 1. The van der Waals surface area contributed by atoms with Gasteiger partial charge in [0.25, 0.3) is 0 Å². The van der Waals surface area contributed by atoms with Gasteiger partial charge in [0.1, 0.15) is 0 Å². The summed E-state index contributed by atoms with van der Waals surface area (Å²) in [6.07, 6.45) is 4.07. The van der Waals surface area contributed by atoms with Crippen LogP contribution in [0, 0.1) is 4.91 Å². The first kappa shape index (κ1) is 17.5. The summed E-state index contributed by atoms with van der Waals surface area (Å²) in [6, 6.07) is 12.4. The van der Waals surface area contributed by atoms with Crippen molar-refractivity contribution < 1.29 is 9.59 Å². The van der Waals surface area contributed by atoms with Gasteiger partial charge in [-0.25, -0.2) is 4.68 Å². The summed E-state index contributed by atoms with van der Waals surface area (Å²) in [5, 5.41) is 9.82. The average Bonchev–Trinajstić information content (AvgIpc) is 3.13. The smallest absolute Gasteiger partial charge is 0.316 e. The highest BCUT2D eigenvalue weighted by molar-refractivity contribution is 5.95. The number of anilines is 1. The highest BCUT2D eigenvalue weighted by Crippen LogP contribution is 2.38. The fraction of sp³-hybridized carbons (Fsp3) is 0.0952. The highest BCUT2D eigenvalue weighted by atomic mass is 16.3. The summed E-state index contributed by atoms with van der Waals surface area (Å²) in [5.41, 5.74) is 6.63. The summed E-state index contributed by atoms with van der Waals surface area (Å²) in [5.74, 6) is -0.809. The Hall–Kier alpha value is -3.87. The van der Waals surface area contributed by atoms with Crippen LogP contribution in [-0.2, 0) is 17.6 Å². The molecule has 0 spiro atoms. The number of hydrogen-bond donors (Lipinski definition) is 1. The minimum atomic E-state index is -0.809. The lowest BCUT2D eigenvalue weighted by molar-refractivity contribution is -0.105. The second kappa shape index (κ2) is 7.03. The molecule has 138 valence electrons. The summed E-state index contributed by atoms with van der Waals surface area (Å²) >= 11 is 0. The monoisotopic (exact) mass is 372 g/mol. The normalized spacial score (nSPS) is 11.9. The van der Waals surface area contributed by atoms with Crippen LogP contribution in [0.1, 0.15) is 27.2 Å². The predicted octanol–water partition coefficient (Wildman–Crippen LogP) is 3.76. The van der Waals surface area contributed by atoms with Crippen LogP contribution in [0.5, 0.6) is 0 Å². The molecule has 0 saturated carbocycles. The van der Waals surface area contributed by atoms with Gasteiger partial charge in [-0.2, -0.15) is 5.10 Å². The molecule has 4 rings (SSSR count). The molecule has 1 aromatic heterocycles. The lowest BCUT2D eigenvalue weighted by Crippen LogP contribution is -2.08. The zero-order chi connectivity index (χ0) is 19.7. The number of carbonyl (C=O) groups excluding carboxylic acids is 2. The summed E-state index contributed by atoms with van der Waals surface area (Å²) < 4.78 is 1.80. The van der Waals surface area contributed by atoms with Gasteiger partial charge in [-0.15, -0.1) is 4.91 Å². The third-order valence-electron chi connectivity index (χ3n) is 4.88. The van der Waals surface area contributed by atoms with Crippen molar-refractivity contribution in [1.29, 1.82) is 0 Å². The fourth-order valence-corrected chi connectivity index (χ4v) is 3.57. The number of carbonyl (C=O) groups is 2. The van der Waals surface area contributed by atoms with E-state index in [0.29, 0.717) is 12.1 Å². The van der Waals surface area contributed by atoms with Crippen LogP contribution in [0.3, 0.4) is 0 Å². The van der Waals surface area contributed by atoms with E-state index in [1.165, 1.54) is 0 Å². The second-order valence-corrected chi connectivity index (χ2v) is 6.41. The maximum Gasteiger partial charge on any atom is 0.316 e. The molecule has 1 aliphatic carbocycles. The number of benzene rings is 2. The zero-order valence-corrected chi connectivity index (χ0v) is 14.9. The van der Waals surface area contributed by atoms with E-state index in [2.05, 4.69) is 22.2 Å². The van der Waals surface area contributed by atoms with Crippen LogP contribution in [0.2, 0.25) is 0 Å². The second-order valence-electron chi connectivity index (χ2n) is 6.41. The van der Waals surface area contributed by atoms with Crippen molar-refractivity contribution in [1.82, 2.24) is 9.78 Å². The van der Waals surface area contributed by atoms with E-state index in [1.807, 2.05) is 18.2 Å². The Labute approximate surface area is 160 Å². The standard InChI is InChI=1S/C21H16N4O3/c1-2-19-17-10-6-13-3-7-15(22-12-26)11-18(13)20(17)25(23-19)16-8-4-14(5-9-16)21(27)24-28/h2-5,7-9,11-12H,1,6,10H2,(H,22,26). The van der Waals surface area contributed by atoms with Crippen LogP contribution in [-0.4, -0.2) is 22.1 Å². The number of fused-ring (bicyclic) bond motifs is 3. The Morgan fingerprint density at radius 2 is 1.96 bits per heavy atom. The topological polar surface area (TPSA) is 93.4 Å². The number of aromatic nitrogens is 2. The number of rotatable bonds is 5. The molecule has 1 heterocycles. The lowest BCUT2D eigenvalue weighted by atomic mass is 9.88. The number of nitroso groups, excluding NO2 is 1. The first-order valence-corrected chi connectivity index (χ1v) is 8.72. The van der Waals surface area contributed by atoms with Gasteiger partial charge in [-0.3, -0.25) is 9.59 Å². The Morgan fingerprint density at radius 3 is 2.64 bits per heavy atom. The van der Waals surface area contributed by atoms with Crippen molar-refractivity contribution in [2.24, 2.45) is 5.18 Å². The summed E-state index contributed by atoms with van der Waals surface area (Å²) in [4.78, 5) is 32.8. The Bertz CT molecular complexity index is 1110. The minimum absolute atomic E-state index is 0.224. The van der Waals surface area contributed by atoms with Crippen molar-refractivity contribution in [2.45, 2.75) is 12.8 Å². The van der Waals surface area contributed by atoms with Crippen LogP contribution in [0.15, 0.2) is 54.2 Å². The van der Waals surface area contributed by atoms with Crippen LogP contribution in [0.25, 0.3) is 23.0 Å².